The highest BCUT2D eigenvalue weighted by atomic mass is 31.2. The Labute approximate surface area is 272 Å². The van der Waals surface area contributed by atoms with Crippen LogP contribution in [0.4, 0.5) is 0 Å². The highest BCUT2D eigenvalue weighted by Crippen LogP contribution is 2.46. The predicted molar refractivity (Wildman–Crippen MR) is 192 cm³/mol. The topological polar surface area (TPSA) is 22.3 Å². The number of rotatable bonds is 13. The Morgan fingerprint density at radius 3 is 2.47 bits per heavy atom. The second-order valence-corrected chi connectivity index (χ2v) is 14.1. The highest BCUT2D eigenvalue weighted by molar-refractivity contribution is 7.56. The summed E-state index contributed by atoms with van der Waals surface area (Å²) >= 11 is 0. The van der Waals surface area contributed by atoms with Gasteiger partial charge in [0.15, 0.2) is 11.7 Å². The number of benzene rings is 3. The summed E-state index contributed by atoms with van der Waals surface area (Å²) in [6.07, 6.45) is 11.9. The standard InChI is InChI=1S/C41H49NO2P/c1-9-12-13-16-30(6)25-38(29(4)5)43-45(44-39-26-31(7)19-20-32(39)8)35-22-21-34-28-41(10-2,11-3)42-24-23-33-17-14-15-18-36(33)40(42)37(34)27-35/h14-15,17-27H,4,6,9-13,16,28H2,1-3,5,7-8H3/q+1. The zero-order chi connectivity index (χ0) is 32.1. The van der Waals surface area contributed by atoms with Gasteiger partial charge < -0.3 is 9.05 Å². The molecule has 2 heterocycles. The number of unbranched alkanes of at least 4 members (excludes halogenated alkanes) is 2. The first-order chi connectivity index (χ1) is 21.7. The van der Waals surface area contributed by atoms with Crippen molar-refractivity contribution in [2.75, 3.05) is 0 Å². The van der Waals surface area contributed by atoms with Gasteiger partial charge in [0, 0.05) is 25.3 Å². The molecule has 0 saturated carbocycles. The molecule has 0 fully saturated rings. The molecule has 4 aromatic rings. The van der Waals surface area contributed by atoms with Crippen molar-refractivity contribution in [2.45, 2.75) is 92.0 Å². The number of aryl methyl sites for hydroxylation is 2. The highest BCUT2D eigenvalue weighted by Gasteiger charge is 2.44. The van der Waals surface area contributed by atoms with Gasteiger partial charge in [-0.2, -0.15) is 4.57 Å². The van der Waals surface area contributed by atoms with Crippen LogP contribution in [0.2, 0.25) is 0 Å². The molecule has 0 bridgehead atoms. The van der Waals surface area contributed by atoms with E-state index in [1.54, 1.807) is 0 Å². The lowest BCUT2D eigenvalue weighted by Gasteiger charge is -2.33. The molecule has 0 aliphatic carbocycles. The van der Waals surface area contributed by atoms with Crippen LogP contribution in [0, 0.1) is 13.8 Å². The Kier molecular flexibility index (Phi) is 10.3. The van der Waals surface area contributed by atoms with Gasteiger partial charge in [-0.15, -0.1) is 0 Å². The van der Waals surface area contributed by atoms with Crippen LogP contribution in [-0.4, -0.2) is 0 Å². The fourth-order valence-corrected chi connectivity index (χ4v) is 7.86. The molecule has 1 aromatic heterocycles. The van der Waals surface area contributed by atoms with Crippen molar-refractivity contribution in [3.05, 3.63) is 126 Å². The number of allylic oxidation sites excluding steroid dienone is 3. The lowest BCUT2D eigenvalue weighted by Crippen LogP contribution is -2.60. The number of nitrogens with zero attached hydrogens (tertiary/aromatic N) is 1. The monoisotopic (exact) mass is 618 g/mol. The summed E-state index contributed by atoms with van der Waals surface area (Å²) in [5, 5.41) is 3.56. The molecule has 1 aliphatic heterocycles. The number of fused-ring (bicyclic) bond motifs is 5. The molecule has 1 aliphatic rings. The lowest BCUT2D eigenvalue weighted by atomic mass is 9.78. The second kappa shape index (κ2) is 14.2. The molecule has 0 amide bonds. The van der Waals surface area contributed by atoms with E-state index in [4.69, 9.17) is 9.05 Å². The first-order valence-electron chi connectivity index (χ1n) is 16.6. The summed E-state index contributed by atoms with van der Waals surface area (Å²) in [6, 6.07) is 24.2. The Balaban J connectivity index is 1.64. The normalized spacial score (nSPS) is 14.4. The maximum Gasteiger partial charge on any atom is 0.326 e. The van der Waals surface area contributed by atoms with Crippen LogP contribution in [0.5, 0.6) is 5.75 Å². The van der Waals surface area contributed by atoms with Crippen LogP contribution in [-0.2, 0) is 16.5 Å². The van der Waals surface area contributed by atoms with Crippen LogP contribution in [0.15, 0.2) is 109 Å². The average molecular weight is 619 g/mol. The second-order valence-electron chi connectivity index (χ2n) is 12.7. The maximum atomic E-state index is 6.86. The van der Waals surface area contributed by atoms with Crippen molar-refractivity contribution in [2.24, 2.45) is 0 Å². The molecule has 0 spiro atoms. The first kappa shape index (κ1) is 32.7. The van der Waals surface area contributed by atoms with Gasteiger partial charge >= 0.3 is 8.38 Å². The van der Waals surface area contributed by atoms with Crippen molar-refractivity contribution in [1.29, 1.82) is 0 Å². The molecule has 4 heteroatoms. The van der Waals surface area contributed by atoms with Crippen LogP contribution < -0.4 is 14.4 Å². The minimum Gasteiger partial charge on any atom is -0.435 e. The summed E-state index contributed by atoms with van der Waals surface area (Å²) in [7, 11) is -1.54. The van der Waals surface area contributed by atoms with E-state index < -0.39 is 8.38 Å². The molecule has 0 saturated heterocycles. The first-order valence-corrected chi connectivity index (χ1v) is 17.7. The maximum absolute atomic E-state index is 6.86. The van der Waals surface area contributed by atoms with E-state index in [9.17, 15) is 0 Å². The zero-order valence-electron chi connectivity index (χ0n) is 28.1. The zero-order valence-corrected chi connectivity index (χ0v) is 29.0. The van der Waals surface area contributed by atoms with Gasteiger partial charge in [0.1, 0.15) is 11.5 Å². The van der Waals surface area contributed by atoms with Gasteiger partial charge in [0.2, 0.25) is 5.69 Å². The molecule has 234 valence electrons. The van der Waals surface area contributed by atoms with Gasteiger partial charge in [-0.05, 0) is 91.6 Å². The quantitative estimate of drug-likeness (QED) is 0.0489. The number of aromatic nitrogens is 1. The van der Waals surface area contributed by atoms with E-state index in [2.05, 4.69) is 131 Å². The van der Waals surface area contributed by atoms with Crippen LogP contribution >= 0.6 is 8.38 Å². The van der Waals surface area contributed by atoms with Crippen molar-refractivity contribution in [1.82, 2.24) is 0 Å². The number of hydrogen-bond acceptors (Lipinski definition) is 2. The third-order valence-electron chi connectivity index (χ3n) is 9.33. The SMILES string of the molecule is C=C(C=C(OP(Oc1cc(C)ccc1C)c1ccc2c(c1)-c1c3ccccc3cc[n+]1C(CC)(CC)C2)C(=C)C)CCCCC. The molecule has 3 aromatic carbocycles. The van der Waals surface area contributed by atoms with Crippen LogP contribution in [0.3, 0.4) is 0 Å². The van der Waals surface area contributed by atoms with E-state index in [1.807, 2.05) is 6.92 Å². The average Bonchev–Trinajstić information content (AvgIpc) is 3.04. The summed E-state index contributed by atoms with van der Waals surface area (Å²) in [4.78, 5) is 0. The van der Waals surface area contributed by atoms with Gasteiger partial charge in [-0.3, -0.25) is 0 Å². The number of hydrogen-bond donors (Lipinski definition) is 0. The Morgan fingerprint density at radius 2 is 1.73 bits per heavy atom. The summed E-state index contributed by atoms with van der Waals surface area (Å²) in [5.41, 5.74) is 8.11. The molecule has 1 atom stereocenters. The Bertz CT molecular complexity index is 1750. The van der Waals surface area contributed by atoms with Gasteiger partial charge in [-0.1, -0.05) is 88.7 Å². The van der Waals surface area contributed by atoms with Crippen LogP contribution in [0.1, 0.15) is 82.9 Å². The van der Waals surface area contributed by atoms with Gasteiger partial charge in [-0.25, -0.2) is 0 Å². The smallest absolute Gasteiger partial charge is 0.326 e. The van der Waals surface area contributed by atoms with E-state index in [0.29, 0.717) is 0 Å². The summed E-state index contributed by atoms with van der Waals surface area (Å²) in [5.74, 6) is 1.58. The lowest BCUT2D eigenvalue weighted by molar-refractivity contribution is -0.757. The molecule has 3 nitrogen and oxygen atoms in total. The van der Waals surface area contributed by atoms with Crippen molar-refractivity contribution >= 4 is 24.5 Å². The van der Waals surface area contributed by atoms with Crippen molar-refractivity contribution < 1.29 is 13.6 Å². The summed E-state index contributed by atoms with van der Waals surface area (Å²) < 4.78 is 16.3. The van der Waals surface area contributed by atoms with E-state index in [-0.39, 0.29) is 5.54 Å². The fraction of sp³-hybridized carbons (Fsp3) is 0.341. The van der Waals surface area contributed by atoms with Crippen LogP contribution in [0.25, 0.3) is 22.0 Å². The molecule has 5 rings (SSSR count). The van der Waals surface area contributed by atoms with Crippen molar-refractivity contribution in [3.63, 3.8) is 0 Å². The van der Waals surface area contributed by atoms with E-state index >= 15 is 0 Å². The Hall–Kier alpha value is -3.68. The van der Waals surface area contributed by atoms with Crippen molar-refractivity contribution in [3.8, 4) is 17.0 Å². The molecule has 0 N–H and O–H groups in total. The van der Waals surface area contributed by atoms with E-state index in [0.717, 1.165) is 71.2 Å². The number of pyridine rings is 1. The fourth-order valence-electron chi connectivity index (χ4n) is 6.42. The minimum absolute atomic E-state index is 0.0400. The van der Waals surface area contributed by atoms with Gasteiger partial charge in [0.25, 0.3) is 0 Å². The molecule has 1 unspecified atom stereocenters. The van der Waals surface area contributed by atoms with Gasteiger partial charge in [0.05, 0.1) is 16.3 Å². The third-order valence-corrected chi connectivity index (χ3v) is 10.8. The Morgan fingerprint density at radius 1 is 0.956 bits per heavy atom. The molecule has 45 heavy (non-hydrogen) atoms. The third kappa shape index (κ3) is 6.95. The largest absolute Gasteiger partial charge is 0.435 e. The molecular formula is C41H49NO2P+. The molecule has 0 radical (unpaired) electrons. The van der Waals surface area contributed by atoms with E-state index in [1.165, 1.54) is 40.4 Å². The predicted octanol–water partition coefficient (Wildman–Crippen LogP) is 11.1. The minimum atomic E-state index is -1.54. The molecular weight excluding hydrogens is 569 g/mol. The summed E-state index contributed by atoms with van der Waals surface area (Å²) in [6.45, 7) is 21.7.